The van der Waals surface area contributed by atoms with Crippen LogP contribution in [0.3, 0.4) is 0 Å². The van der Waals surface area contributed by atoms with Crippen molar-refractivity contribution < 1.29 is 4.74 Å². The monoisotopic (exact) mass is 380 g/mol. The average molecular weight is 381 g/mol. The Kier molecular flexibility index (Phi) is 6.48. The minimum atomic E-state index is 0.0334. The fraction of sp³-hybridized carbons (Fsp3) is 0.542. The molecule has 28 heavy (non-hydrogen) atoms. The topological polar surface area (TPSA) is 45.3 Å². The Morgan fingerprint density at radius 2 is 1.75 bits per heavy atom. The summed E-state index contributed by atoms with van der Waals surface area (Å²) < 4.78 is 6.31. The van der Waals surface area contributed by atoms with E-state index in [-0.39, 0.29) is 5.56 Å². The number of aromatic nitrogens is 1. The molecule has 0 atom stereocenters. The quantitative estimate of drug-likeness (QED) is 0.789. The summed E-state index contributed by atoms with van der Waals surface area (Å²) in [5.41, 5.74) is 2.26. The fourth-order valence-electron chi connectivity index (χ4n) is 4.73. The van der Waals surface area contributed by atoms with E-state index >= 15 is 0 Å². The smallest absolute Gasteiger partial charge is 0.252 e. The SMILES string of the molecule is O=c1[nH]cccc1CN1CCC(c2ccccc2OCC2CCCCC2)CC1. The van der Waals surface area contributed by atoms with Crippen LogP contribution in [0.5, 0.6) is 5.75 Å². The predicted octanol–water partition coefficient (Wildman–Crippen LogP) is 4.71. The number of H-pyrrole nitrogens is 1. The maximum atomic E-state index is 11.9. The third kappa shape index (κ3) is 4.85. The van der Waals surface area contributed by atoms with Gasteiger partial charge in [-0.05, 0) is 68.3 Å². The van der Waals surface area contributed by atoms with Crippen LogP contribution in [0, 0.1) is 5.92 Å². The molecule has 2 fully saturated rings. The zero-order valence-corrected chi connectivity index (χ0v) is 16.7. The van der Waals surface area contributed by atoms with Crippen molar-refractivity contribution in [3.05, 3.63) is 64.1 Å². The van der Waals surface area contributed by atoms with Crippen LogP contribution in [-0.4, -0.2) is 29.6 Å². The van der Waals surface area contributed by atoms with Crippen molar-refractivity contribution in [3.8, 4) is 5.75 Å². The van der Waals surface area contributed by atoms with Crippen molar-refractivity contribution in [1.82, 2.24) is 9.88 Å². The van der Waals surface area contributed by atoms with Crippen molar-refractivity contribution in [2.75, 3.05) is 19.7 Å². The lowest BCUT2D eigenvalue weighted by Crippen LogP contribution is -2.34. The molecule has 0 radical (unpaired) electrons. The van der Waals surface area contributed by atoms with Gasteiger partial charge < -0.3 is 9.72 Å². The molecule has 0 spiro atoms. The minimum Gasteiger partial charge on any atom is -0.493 e. The van der Waals surface area contributed by atoms with E-state index in [0.29, 0.717) is 5.92 Å². The first-order valence-electron chi connectivity index (χ1n) is 10.9. The van der Waals surface area contributed by atoms with E-state index in [1.54, 1.807) is 6.20 Å². The second-order valence-corrected chi connectivity index (χ2v) is 8.43. The highest BCUT2D eigenvalue weighted by Crippen LogP contribution is 2.35. The second-order valence-electron chi connectivity index (χ2n) is 8.43. The highest BCUT2D eigenvalue weighted by Gasteiger charge is 2.24. The van der Waals surface area contributed by atoms with Gasteiger partial charge in [0.15, 0.2) is 0 Å². The van der Waals surface area contributed by atoms with Crippen molar-refractivity contribution >= 4 is 0 Å². The number of para-hydroxylation sites is 1. The molecule has 1 saturated carbocycles. The molecular weight excluding hydrogens is 348 g/mol. The molecule has 1 aromatic heterocycles. The van der Waals surface area contributed by atoms with Gasteiger partial charge >= 0.3 is 0 Å². The summed E-state index contributed by atoms with van der Waals surface area (Å²) >= 11 is 0. The van der Waals surface area contributed by atoms with Crippen molar-refractivity contribution in [2.24, 2.45) is 5.92 Å². The second kappa shape index (κ2) is 9.42. The molecule has 2 aromatic rings. The van der Waals surface area contributed by atoms with Crippen LogP contribution in [0.4, 0.5) is 0 Å². The van der Waals surface area contributed by atoms with Crippen LogP contribution in [0.25, 0.3) is 0 Å². The Morgan fingerprint density at radius 1 is 0.964 bits per heavy atom. The van der Waals surface area contributed by atoms with E-state index in [4.69, 9.17) is 4.74 Å². The van der Waals surface area contributed by atoms with Gasteiger partial charge in [-0.3, -0.25) is 9.69 Å². The molecule has 2 aliphatic rings. The van der Waals surface area contributed by atoms with Gasteiger partial charge in [-0.25, -0.2) is 0 Å². The van der Waals surface area contributed by atoms with Crippen LogP contribution in [-0.2, 0) is 6.54 Å². The highest BCUT2D eigenvalue weighted by molar-refractivity contribution is 5.36. The van der Waals surface area contributed by atoms with E-state index in [2.05, 4.69) is 34.1 Å². The first-order chi connectivity index (χ1) is 13.8. The molecule has 0 amide bonds. The van der Waals surface area contributed by atoms with Gasteiger partial charge in [0.25, 0.3) is 5.56 Å². The number of ether oxygens (including phenoxy) is 1. The van der Waals surface area contributed by atoms with E-state index in [9.17, 15) is 4.79 Å². The molecule has 4 nitrogen and oxygen atoms in total. The van der Waals surface area contributed by atoms with Gasteiger partial charge in [0.05, 0.1) is 6.61 Å². The van der Waals surface area contributed by atoms with Crippen LogP contribution >= 0.6 is 0 Å². The summed E-state index contributed by atoms with van der Waals surface area (Å²) in [7, 11) is 0. The van der Waals surface area contributed by atoms with E-state index in [0.717, 1.165) is 56.3 Å². The normalized spacial score (nSPS) is 19.6. The van der Waals surface area contributed by atoms with Gasteiger partial charge in [0.2, 0.25) is 0 Å². The third-order valence-corrected chi connectivity index (χ3v) is 6.44. The van der Waals surface area contributed by atoms with Gasteiger partial charge in [0, 0.05) is 18.3 Å². The maximum Gasteiger partial charge on any atom is 0.252 e. The molecule has 1 N–H and O–H groups in total. The first-order valence-corrected chi connectivity index (χ1v) is 10.9. The summed E-state index contributed by atoms with van der Waals surface area (Å²) in [5, 5.41) is 0. The standard InChI is InChI=1S/C24H32N2O2/c27-24-21(9-6-14-25-24)17-26-15-12-20(13-16-26)22-10-4-5-11-23(22)28-18-19-7-2-1-3-8-19/h4-6,9-11,14,19-20H,1-3,7-8,12-13,15-18H2,(H,25,27). The van der Waals surface area contributed by atoms with Gasteiger partial charge in [-0.2, -0.15) is 0 Å². The number of piperidine rings is 1. The lowest BCUT2D eigenvalue weighted by atomic mass is 9.88. The van der Waals surface area contributed by atoms with Crippen LogP contribution in [0.1, 0.15) is 62.0 Å². The summed E-state index contributed by atoms with van der Waals surface area (Å²) in [6, 6.07) is 12.5. The molecule has 1 aliphatic heterocycles. The summed E-state index contributed by atoms with van der Waals surface area (Å²) in [5.74, 6) is 2.37. The third-order valence-electron chi connectivity index (χ3n) is 6.44. The molecular formula is C24H32N2O2. The molecule has 4 rings (SSSR count). The van der Waals surface area contributed by atoms with Crippen LogP contribution in [0.15, 0.2) is 47.4 Å². The highest BCUT2D eigenvalue weighted by atomic mass is 16.5. The Hall–Kier alpha value is -2.07. The molecule has 0 bridgehead atoms. The lowest BCUT2D eigenvalue weighted by Gasteiger charge is -2.33. The van der Waals surface area contributed by atoms with Gasteiger partial charge in [-0.1, -0.05) is 43.5 Å². The number of hydrogen-bond acceptors (Lipinski definition) is 3. The molecule has 150 valence electrons. The largest absolute Gasteiger partial charge is 0.493 e. The van der Waals surface area contributed by atoms with Gasteiger partial charge in [0.1, 0.15) is 5.75 Å². The molecule has 1 aliphatic carbocycles. The number of pyridine rings is 1. The predicted molar refractivity (Wildman–Crippen MR) is 113 cm³/mol. The number of benzene rings is 1. The van der Waals surface area contributed by atoms with E-state index in [1.165, 1.54) is 37.7 Å². The van der Waals surface area contributed by atoms with Crippen molar-refractivity contribution in [3.63, 3.8) is 0 Å². The average Bonchev–Trinajstić information content (AvgIpc) is 2.75. The van der Waals surface area contributed by atoms with Crippen LogP contribution < -0.4 is 10.3 Å². The Balaban J connectivity index is 1.34. The molecule has 4 heteroatoms. The Morgan fingerprint density at radius 3 is 2.54 bits per heavy atom. The van der Waals surface area contributed by atoms with Crippen molar-refractivity contribution in [1.29, 1.82) is 0 Å². The summed E-state index contributed by atoms with van der Waals surface area (Å²) in [6.07, 6.45) is 10.7. The number of nitrogens with zero attached hydrogens (tertiary/aromatic N) is 1. The van der Waals surface area contributed by atoms with E-state index < -0.39 is 0 Å². The molecule has 1 aromatic carbocycles. The molecule has 0 unspecified atom stereocenters. The summed E-state index contributed by atoms with van der Waals surface area (Å²) in [6.45, 7) is 3.65. The molecule has 2 heterocycles. The lowest BCUT2D eigenvalue weighted by molar-refractivity contribution is 0.192. The number of rotatable bonds is 6. The zero-order chi connectivity index (χ0) is 19.2. The Bertz CT molecular complexity index is 802. The fourth-order valence-corrected chi connectivity index (χ4v) is 4.73. The van der Waals surface area contributed by atoms with Gasteiger partial charge in [-0.15, -0.1) is 0 Å². The Labute approximate surface area is 167 Å². The number of likely N-dealkylation sites (tertiary alicyclic amines) is 1. The minimum absolute atomic E-state index is 0.0334. The van der Waals surface area contributed by atoms with E-state index in [1.807, 2.05) is 12.1 Å². The molecule has 1 saturated heterocycles. The summed E-state index contributed by atoms with van der Waals surface area (Å²) in [4.78, 5) is 17.1. The number of aromatic amines is 1. The van der Waals surface area contributed by atoms with Crippen LogP contribution in [0.2, 0.25) is 0 Å². The number of nitrogens with one attached hydrogen (secondary N) is 1. The zero-order valence-electron chi connectivity index (χ0n) is 16.7. The maximum absolute atomic E-state index is 11.9. The van der Waals surface area contributed by atoms with Crippen molar-refractivity contribution in [2.45, 2.75) is 57.4 Å². The first kappa shape index (κ1) is 19.3. The number of hydrogen-bond donors (Lipinski definition) is 1.